The summed E-state index contributed by atoms with van der Waals surface area (Å²) in [7, 11) is -3.86. The molecule has 0 radical (unpaired) electrons. The van der Waals surface area contributed by atoms with Crippen LogP contribution in [0.25, 0.3) is 0 Å². The van der Waals surface area contributed by atoms with Crippen LogP contribution < -0.4 is 10.5 Å². The molecule has 110 valence electrons. The standard InChI is InChI=1S/C11H13Cl2N3O3S/c12-7-3-8(13)5-9(4-7)20(18,19)16-10(6-1-2-6)11(14)15-17/h3-6,10,16-17H,1-2H2,(H2,14,15). The van der Waals surface area contributed by atoms with E-state index in [-0.39, 0.29) is 26.7 Å². The maximum absolute atomic E-state index is 12.3. The molecule has 1 aromatic rings. The lowest BCUT2D eigenvalue weighted by atomic mass is 10.2. The summed E-state index contributed by atoms with van der Waals surface area (Å²) >= 11 is 11.6. The maximum atomic E-state index is 12.3. The van der Waals surface area contributed by atoms with Crippen molar-refractivity contribution in [3.63, 3.8) is 0 Å². The molecule has 0 heterocycles. The van der Waals surface area contributed by atoms with Crippen molar-refractivity contribution >= 4 is 39.1 Å². The zero-order valence-corrected chi connectivity index (χ0v) is 12.6. The van der Waals surface area contributed by atoms with Crippen LogP contribution in [0.1, 0.15) is 12.8 Å². The van der Waals surface area contributed by atoms with Crippen LogP contribution in [0.3, 0.4) is 0 Å². The largest absolute Gasteiger partial charge is 0.409 e. The number of oxime groups is 1. The van der Waals surface area contributed by atoms with Crippen LogP contribution in [0.5, 0.6) is 0 Å². The lowest BCUT2D eigenvalue weighted by Crippen LogP contribution is -2.46. The molecule has 0 spiro atoms. The third kappa shape index (κ3) is 3.54. The molecule has 9 heteroatoms. The molecule has 1 fully saturated rings. The summed E-state index contributed by atoms with van der Waals surface area (Å²) in [5.74, 6) is -0.125. The number of sulfonamides is 1. The van der Waals surface area contributed by atoms with Gasteiger partial charge in [-0.1, -0.05) is 28.4 Å². The quantitative estimate of drug-likeness (QED) is 0.329. The van der Waals surface area contributed by atoms with Gasteiger partial charge in [0, 0.05) is 10.0 Å². The van der Waals surface area contributed by atoms with Crippen molar-refractivity contribution in [2.24, 2.45) is 16.8 Å². The van der Waals surface area contributed by atoms with E-state index in [1.807, 2.05) is 0 Å². The summed E-state index contributed by atoms with van der Waals surface area (Å²) in [4.78, 5) is -0.0635. The van der Waals surface area contributed by atoms with Gasteiger partial charge in [-0.25, -0.2) is 13.1 Å². The number of hydrogen-bond acceptors (Lipinski definition) is 4. The first-order chi connectivity index (χ1) is 9.33. The molecule has 1 aliphatic rings. The summed E-state index contributed by atoms with van der Waals surface area (Å²) in [5.41, 5.74) is 5.52. The molecule has 0 saturated heterocycles. The fraction of sp³-hybridized carbons (Fsp3) is 0.364. The third-order valence-corrected chi connectivity index (χ3v) is 4.81. The monoisotopic (exact) mass is 337 g/mol. The molecule has 1 saturated carbocycles. The van der Waals surface area contributed by atoms with Crippen molar-refractivity contribution in [2.45, 2.75) is 23.8 Å². The normalized spacial score (nSPS) is 18.0. The Kier molecular flexibility index (Phi) is 4.43. The highest BCUT2D eigenvalue weighted by molar-refractivity contribution is 7.89. The first kappa shape index (κ1) is 15.4. The Balaban J connectivity index is 2.30. The molecule has 1 unspecified atom stereocenters. The topological polar surface area (TPSA) is 105 Å². The summed E-state index contributed by atoms with van der Waals surface area (Å²) in [6.07, 6.45) is 1.64. The van der Waals surface area contributed by atoms with Crippen molar-refractivity contribution in [1.29, 1.82) is 0 Å². The number of nitrogens with zero attached hydrogens (tertiary/aromatic N) is 1. The molecular formula is C11H13Cl2N3O3S. The van der Waals surface area contributed by atoms with Crippen LogP contribution in [0.2, 0.25) is 10.0 Å². The lowest BCUT2D eigenvalue weighted by molar-refractivity contribution is 0.314. The molecule has 2 rings (SSSR count). The number of rotatable bonds is 5. The summed E-state index contributed by atoms with van der Waals surface area (Å²) < 4.78 is 27.0. The molecule has 0 aromatic heterocycles. The van der Waals surface area contributed by atoms with Crippen molar-refractivity contribution in [3.05, 3.63) is 28.2 Å². The van der Waals surface area contributed by atoms with Gasteiger partial charge >= 0.3 is 0 Å². The van der Waals surface area contributed by atoms with E-state index in [4.69, 9.17) is 34.1 Å². The molecule has 0 bridgehead atoms. The van der Waals surface area contributed by atoms with Crippen molar-refractivity contribution in [3.8, 4) is 0 Å². The van der Waals surface area contributed by atoms with Crippen molar-refractivity contribution < 1.29 is 13.6 Å². The highest BCUT2D eigenvalue weighted by Gasteiger charge is 2.37. The van der Waals surface area contributed by atoms with Crippen LogP contribution >= 0.6 is 23.2 Å². The van der Waals surface area contributed by atoms with Gasteiger partial charge in [-0.2, -0.15) is 0 Å². The van der Waals surface area contributed by atoms with E-state index in [0.29, 0.717) is 0 Å². The second-order valence-corrected chi connectivity index (χ2v) is 7.15. The second kappa shape index (κ2) is 5.77. The van der Waals surface area contributed by atoms with Gasteiger partial charge < -0.3 is 10.9 Å². The Labute approximate surface area is 126 Å². The minimum absolute atomic E-state index is 0.0373. The second-order valence-electron chi connectivity index (χ2n) is 4.57. The summed E-state index contributed by atoms with van der Waals surface area (Å²) in [6.45, 7) is 0. The van der Waals surface area contributed by atoms with E-state index in [9.17, 15) is 8.42 Å². The van der Waals surface area contributed by atoms with Gasteiger partial charge in [-0.05, 0) is 37.0 Å². The van der Waals surface area contributed by atoms with E-state index in [2.05, 4.69) is 9.88 Å². The first-order valence-corrected chi connectivity index (χ1v) is 8.03. The Morgan fingerprint density at radius 2 is 1.90 bits per heavy atom. The number of amidine groups is 1. The SMILES string of the molecule is NC(=NO)C(NS(=O)(=O)c1cc(Cl)cc(Cl)c1)C1CC1. The number of hydrogen-bond donors (Lipinski definition) is 3. The smallest absolute Gasteiger partial charge is 0.241 e. The Morgan fingerprint density at radius 3 is 2.35 bits per heavy atom. The predicted molar refractivity (Wildman–Crippen MR) is 76.7 cm³/mol. The van der Waals surface area contributed by atoms with Gasteiger partial charge in [0.2, 0.25) is 10.0 Å². The van der Waals surface area contributed by atoms with Crippen LogP contribution in [-0.2, 0) is 10.0 Å². The highest BCUT2D eigenvalue weighted by Crippen LogP contribution is 2.33. The molecule has 4 N–H and O–H groups in total. The predicted octanol–water partition coefficient (Wildman–Crippen LogP) is 1.80. The zero-order chi connectivity index (χ0) is 14.9. The zero-order valence-electron chi connectivity index (χ0n) is 10.3. The Bertz CT molecular complexity index is 624. The molecular weight excluding hydrogens is 325 g/mol. The van der Waals surface area contributed by atoms with Crippen LogP contribution in [-0.4, -0.2) is 25.5 Å². The van der Waals surface area contributed by atoms with Gasteiger partial charge in [-0.3, -0.25) is 0 Å². The van der Waals surface area contributed by atoms with E-state index in [1.54, 1.807) is 0 Å². The maximum Gasteiger partial charge on any atom is 0.241 e. The van der Waals surface area contributed by atoms with E-state index in [1.165, 1.54) is 18.2 Å². The average molecular weight is 338 g/mol. The number of nitrogens with two attached hydrogens (primary N) is 1. The van der Waals surface area contributed by atoms with Gasteiger partial charge in [0.25, 0.3) is 0 Å². The average Bonchev–Trinajstić information content (AvgIpc) is 3.18. The summed E-state index contributed by atoms with van der Waals surface area (Å²) in [5, 5.41) is 12.0. The molecule has 0 amide bonds. The van der Waals surface area contributed by atoms with Crippen molar-refractivity contribution in [2.75, 3.05) is 0 Å². The molecule has 1 atom stereocenters. The van der Waals surface area contributed by atoms with Gasteiger partial charge in [-0.15, -0.1) is 0 Å². The molecule has 6 nitrogen and oxygen atoms in total. The minimum atomic E-state index is -3.86. The fourth-order valence-electron chi connectivity index (χ4n) is 1.81. The van der Waals surface area contributed by atoms with Crippen LogP contribution in [0.15, 0.2) is 28.3 Å². The lowest BCUT2D eigenvalue weighted by Gasteiger charge is -2.17. The molecule has 20 heavy (non-hydrogen) atoms. The van der Waals surface area contributed by atoms with E-state index >= 15 is 0 Å². The van der Waals surface area contributed by atoms with E-state index < -0.39 is 16.1 Å². The number of halogens is 2. The minimum Gasteiger partial charge on any atom is -0.409 e. The van der Waals surface area contributed by atoms with Gasteiger partial charge in [0.05, 0.1) is 10.9 Å². The van der Waals surface area contributed by atoms with Gasteiger partial charge in [0.15, 0.2) is 5.84 Å². The molecule has 1 aromatic carbocycles. The number of benzene rings is 1. The summed E-state index contributed by atoms with van der Waals surface area (Å²) in [6, 6.07) is 3.27. The molecule has 0 aliphatic heterocycles. The number of nitrogens with one attached hydrogen (secondary N) is 1. The highest BCUT2D eigenvalue weighted by atomic mass is 35.5. The van der Waals surface area contributed by atoms with Crippen LogP contribution in [0.4, 0.5) is 0 Å². The third-order valence-electron chi connectivity index (χ3n) is 2.96. The molecule has 1 aliphatic carbocycles. The van der Waals surface area contributed by atoms with E-state index in [0.717, 1.165) is 12.8 Å². The van der Waals surface area contributed by atoms with Crippen LogP contribution in [0, 0.1) is 5.92 Å². The fourth-order valence-corrected chi connectivity index (χ4v) is 3.81. The first-order valence-electron chi connectivity index (χ1n) is 5.79. The van der Waals surface area contributed by atoms with Gasteiger partial charge in [0.1, 0.15) is 0 Å². The Morgan fingerprint density at radius 1 is 1.35 bits per heavy atom. The Hall–Kier alpha value is -1.02. The van der Waals surface area contributed by atoms with Crippen molar-refractivity contribution in [1.82, 2.24) is 4.72 Å².